The van der Waals surface area contributed by atoms with Crippen LogP contribution in [0.2, 0.25) is 0 Å². The number of nitrogens with one attached hydrogen (secondary N) is 1. The molecule has 10 nitrogen and oxygen atoms in total. The van der Waals surface area contributed by atoms with E-state index in [4.69, 9.17) is 22.2 Å². The number of nitrogens with zero attached hydrogens (tertiary/aromatic N) is 4. The Kier molecular flexibility index (Phi) is 10.4. The molecular formula is C31H40N8O2. The number of fused-ring (bicyclic) bond motifs is 3. The number of nitrogen functional groups attached to an aromatic ring is 1. The van der Waals surface area contributed by atoms with Crippen molar-refractivity contribution in [3.8, 4) is 0 Å². The van der Waals surface area contributed by atoms with Crippen molar-refractivity contribution in [1.29, 1.82) is 0 Å². The number of amides is 2. The monoisotopic (exact) mass is 556 g/mol. The number of anilines is 1. The Morgan fingerprint density at radius 2 is 1.76 bits per heavy atom. The van der Waals surface area contributed by atoms with Crippen LogP contribution in [0.25, 0.3) is 21.9 Å². The van der Waals surface area contributed by atoms with E-state index < -0.39 is 0 Å². The molecule has 41 heavy (non-hydrogen) atoms. The molecule has 0 spiro atoms. The van der Waals surface area contributed by atoms with Crippen LogP contribution in [-0.4, -0.2) is 45.2 Å². The third-order valence-electron chi connectivity index (χ3n) is 7.04. The van der Waals surface area contributed by atoms with Crippen molar-refractivity contribution in [2.24, 2.45) is 16.5 Å². The van der Waals surface area contributed by atoms with Gasteiger partial charge < -0.3 is 27.1 Å². The zero-order valence-electron chi connectivity index (χ0n) is 23.7. The summed E-state index contributed by atoms with van der Waals surface area (Å²) in [6.45, 7) is 3.59. The maximum atomic E-state index is 12.2. The Hall–Kier alpha value is -4.31. The highest BCUT2D eigenvalue weighted by Crippen LogP contribution is 2.30. The number of hydrogen-bond acceptors (Lipinski definition) is 7. The van der Waals surface area contributed by atoms with Crippen LogP contribution in [0.15, 0.2) is 53.5 Å². The maximum Gasteiger partial charge on any atom is 0.220 e. The fraction of sp³-hybridized carbons (Fsp3) is 0.387. The summed E-state index contributed by atoms with van der Waals surface area (Å²) in [6, 6.07) is 16.1. The van der Waals surface area contributed by atoms with Gasteiger partial charge >= 0.3 is 0 Å². The first-order valence-electron chi connectivity index (χ1n) is 14.3. The first kappa shape index (κ1) is 29.7. The fourth-order valence-corrected chi connectivity index (χ4v) is 4.84. The zero-order chi connectivity index (χ0) is 29.2. The van der Waals surface area contributed by atoms with Gasteiger partial charge in [-0.1, -0.05) is 55.8 Å². The number of hydrogen-bond donors (Lipinski definition) is 4. The van der Waals surface area contributed by atoms with Crippen molar-refractivity contribution in [2.75, 3.05) is 12.3 Å². The molecular weight excluding hydrogens is 516 g/mol. The Balaban J connectivity index is 1.43. The van der Waals surface area contributed by atoms with Gasteiger partial charge in [0.1, 0.15) is 11.3 Å². The van der Waals surface area contributed by atoms with Crippen molar-refractivity contribution in [3.63, 3.8) is 0 Å². The standard InChI is InChI=1S/C31H40N8O2/c1-2-3-11-27-38-29-30(24-8-4-5-9-25(24)37-31(29)34)39(27)20-22-15-13-21(14-16-22)18-35-19-23(17-32)36-28(41)12-7-6-10-26(33)40/h4-5,8-9,13-16,19,23H,2-3,6-7,10-12,17-18,20,32H2,1H3,(H2,33,40)(H2,34,37)(H,36,41). The van der Waals surface area contributed by atoms with Gasteiger partial charge in [0.15, 0.2) is 5.82 Å². The van der Waals surface area contributed by atoms with Crippen molar-refractivity contribution in [2.45, 2.75) is 71.0 Å². The highest BCUT2D eigenvalue weighted by Gasteiger charge is 2.17. The number of benzene rings is 2. The van der Waals surface area contributed by atoms with Gasteiger partial charge in [-0.05, 0) is 36.5 Å². The van der Waals surface area contributed by atoms with E-state index in [1.54, 1.807) is 6.21 Å². The molecule has 0 fully saturated rings. The van der Waals surface area contributed by atoms with E-state index >= 15 is 0 Å². The number of aryl methyl sites for hydroxylation is 1. The van der Waals surface area contributed by atoms with E-state index in [1.165, 1.54) is 0 Å². The summed E-state index contributed by atoms with van der Waals surface area (Å²) in [5.74, 6) is 1.01. The number of para-hydroxylation sites is 1. The van der Waals surface area contributed by atoms with Gasteiger partial charge in [0.25, 0.3) is 0 Å². The first-order chi connectivity index (χ1) is 19.9. The number of unbranched alkanes of at least 4 members (excludes halogenated alkanes) is 2. The number of pyridine rings is 1. The molecule has 216 valence electrons. The second-order valence-corrected chi connectivity index (χ2v) is 10.3. The molecule has 0 saturated heterocycles. The fourth-order valence-electron chi connectivity index (χ4n) is 4.84. The van der Waals surface area contributed by atoms with Crippen LogP contribution in [0.5, 0.6) is 0 Å². The molecule has 0 bridgehead atoms. The van der Waals surface area contributed by atoms with Crippen LogP contribution < -0.4 is 22.5 Å². The SMILES string of the molecule is CCCCc1nc2c(N)nc3ccccc3c2n1Cc1ccc(CN=CC(CN)NC(=O)CCCCC(N)=O)cc1. The number of carbonyl (C=O) groups is 2. The molecule has 0 aliphatic carbocycles. The van der Waals surface area contributed by atoms with E-state index in [2.05, 4.69) is 57.1 Å². The maximum absolute atomic E-state index is 12.2. The molecule has 7 N–H and O–H groups in total. The number of nitrogens with two attached hydrogens (primary N) is 3. The van der Waals surface area contributed by atoms with E-state index in [0.717, 1.165) is 58.2 Å². The second-order valence-electron chi connectivity index (χ2n) is 10.3. The summed E-state index contributed by atoms with van der Waals surface area (Å²) >= 11 is 0. The second kappa shape index (κ2) is 14.4. The van der Waals surface area contributed by atoms with Crippen LogP contribution in [0.1, 0.15) is 62.4 Å². The average Bonchev–Trinajstić information content (AvgIpc) is 3.33. The molecule has 2 aromatic carbocycles. The molecule has 2 heterocycles. The van der Waals surface area contributed by atoms with E-state index in [9.17, 15) is 9.59 Å². The molecule has 2 aromatic heterocycles. The molecule has 0 aliphatic rings. The average molecular weight is 557 g/mol. The summed E-state index contributed by atoms with van der Waals surface area (Å²) in [7, 11) is 0. The molecule has 4 aromatic rings. The molecule has 4 rings (SSSR count). The third kappa shape index (κ3) is 7.88. The van der Waals surface area contributed by atoms with Gasteiger partial charge in [0, 0.05) is 44.0 Å². The number of aromatic nitrogens is 3. The largest absolute Gasteiger partial charge is 0.382 e. The Morgan fingerprint density at radius 3 is 2.49 bits per heavy atom. The lowest BCUT2D eigenvalue weighted by Crippen LogP contribution is -2.41. The topological polar surface area (TPSA) is 167 Å². The van der Waals surface area contributed by atoms with Crippen molar-refractivity contribution >= 4 is 45.8 Å². The molecule has 0 saturated carbocycles. The number of aliphatic imine (C=N–C) groups is 1. The van der Waals surface area contributed by atoms with Crippen LogP contribution in [0, 0.1) is 0 Å². The highest BCUT2D eigenvalue weighted by atomic mass is 16.2. The minimum Gasteiger partial charge on any atom is -0.382 e. The normalized spacial score (nSPS) is 12.3. The molecule has 0 aliphatic heterocycles. The Bertz CT molecular complexity index is 1510. The molecule has 0 radical (unpaired) electrons. The van der Waals surface area contributed by atoms with Gasteiger partial charge in [-0.25, -0.2) is 9.97 Å². The van der Waals surface area contributed by atoms with Crippen LogP contribution >= 0.6 is 0 Å². The quantitative estimate of drug-likeness (QED) is 0.129. The van der Waals surface area contributed by atoms with E-state index in [0.29, 0.717) is 38.2 Å². The van der Waals surface area contributed by atoms with Crippen molar-refractivity contribution in [3.05, 3.63) is 65.5 Å². The Morgan fingerprint density at radius 1 is 1.02 bits per heavy atom. The first-order valence-corrected chi connectivity index (χ1v) is 14.3. The number of imidazole rings is 1. The summed E-state index contributed by atoms with van der Waals surface area (Å²) in [5, 5.41) is 3.92. The van der Waals surface area contributed by atoms with E-state index in [1.807, 2.05) is 18.2 Å². The number of carbonyl (C=O) groups excluding carboxylic acids is 2. The smallest absolute Gasteiger partial charge is 0.220 e. The van der Waals surface area contributed by atoms with Gasteiger partial charge in [-0.3, -0.25) is 14.6 Å². The highest BCUT2D eigenvalue weighted by molar-refractivity contribution is 6.06. The lowest BCUT2D eigenvalue weighted by atomic mass is 10.1. The van der Waals surface area contributed by atoms with Gasteiger partial charge in [-0.2, -0.15) is 0 Å². The summed E-state index contributed by atoms with van der Waals surface area (Å²) in [4.78, 5) is 37.0. The number of primary amides is 1. The summed E-state index contributed by atoms with van der Waals surface area (Å²) in [5.41, 5.74) is 22.1. The summed E-state index contributed by atoms with van der Waals surface area (Å²) < 4.78 is 2.28. The molecule has 2 amide bonds. The van der Waals surface area contributed by atoms with Gasteiger partial charge in [0.05, 0.1) is 23.6 Å². The molecule has 1 unspecified atom stereocenters. The third-order valence-corrected chi connectivity index (χ3v) is 7.04. The predicted octanol–water partition coefficient (Wildman–Crippen LogP) is 3.62. The van der Waals surface area contributed by atoms with Crippen molar-refractivity contribution < 1.29 is 9.59 Å². The molecule has 10 heteroatoms. The predicted molar refractivity (Wildman–Crippen MR) is 164 cm³/mol. The lowest BCUT2D eigenvalue weighted by Gasteiger charge is -2.12. The number of rotatable bonds is 15. The van der Waals surface area contributed by atoms with Gasteiger partial charge in [-0.15, -0.1) is 0 Å². The Labute approximate surface area is 240 Å². The zero-order valence-corrected chi connectivity index (χ0v) is 23.7. The van der Waals surface area contributed by atoms with Gasteiger partial charge in [0.2, 0.25) is 11.8 Å². The minimum absolute atomic E-state index is 0.114. The van der Waals surface area contributed by atoms with Crippen LogP contribution in [0.4, 0.5) is 5.82 Å². The molecule has 1 atom stereocenters. The van der Waals surface area contributed by atoms with E-state index in [-0.39, 0.29) is 30.8 Å². The summed E-state index contributed by atoms with van der Waals surface area (Å²) in [6.07, 6.45) is 6.50. The minimum atomic E-state index is -0.353. The van der Waals surface area contributed by atoms with Crippen molar-refractivity contribution in [1.82, 2.24) is 19.9 Å². The lowest BCUT2D eigenvalue weighted by molar-refractivity contribution is -0.122. The van der Waals surface area contributed by atoms with Crippen LogP contribution in [0.3, 0.4) is 0 Å². The van der Waals surface area contributed by atoms with Crippen LogP contribution in [-0.2, 0) is 29.1 Å².